The Bertz CT molecular complexity index is 259. The van der Waals surface area contributed by atoms with Gasteiger partial charge in [-0.15, -0.1) is 0 Å². The lowest BCUT2D eigenvalue weighted by molar-refractivity contribution is 0.641. The van der Waals surface area contributed by atoms with Crippen LogP contribution in [0.25, 0.3) is 0 Å². The average molecular weight is 156 g/mol. The summed E-state index contributed by atoms with van der Waals surface area (Å²) in [6.07, 6.45) is 1.02. The van der Waals surface area contributed by atoms with E-state index in [2.05, 4.69) is 18.9 Å². The predicted octanol–water partition coefficient (Wildman–Crippen LogP) is 2.13. The normalized spacial score (nSPS) is 10.2. The molecular formula is C7H12N2S. The predicted molar refractivity (Wildman–Crippen MR) is 44.7 cm³/mol. The number of nitrogens with zero attached hydrogens (tertiary/aromatic N) is 1. The van der Waals surface area contributed by atoms with Crippen LogP contribution in [0.1, 0.15) is 19.5 Å². The minimum Gasteiger partial charge on any atom is -0.302 e. The van der Waals surface area contributed by atoms with E-state index in [0.717, 1.165) is 17.6 Å². The highest BCUT2D eigenvalue weighted by molar-refractivity contribution is 7.71. The molecule has 0 spiro atoms. The third-order valence-electron chi connectivity index (χ3n) is 1.54. The largest absolute Gasteiger partial charge is 0.302 e. The first kappa shape index (κ1) is 7.54. The summed E-state index contributed by atoms with van der Waals surface area (Å²) in [5.41, 5.74) is 1.21. The third-order valence-corrected chi connectivity index (χ3v) is 1.88. The van der Waals surface area contributed by atoms with E-state index in [4.69, 9.17) is 12.2 Å². The highest BCUT2D eigenvalue weighted by Gasteiger charge is 1.93. The lowest BCUT2D eigenvalue weighted by Crippen LogP contribution is -1.96. The van der Waals surface area contributed by atoms with Crippen molar-refractivity contribution in [1.29, 1.82) is 0 Å². The first-order valence-corrected chi connectivity index (χ1v) is 3.97. The molecule has 56 valence electrons. The van der Waals surface area contributed by atoms with Crippen molar-refractivity contribution in [2.45, 2.75) is 26.8 Å². The van der Waals surface area contributed by atoms with Gasteiger partial charge in [-0.3, -0.25) is 4.68 Å². The van der Waals surface area contributed by atoms with Gasteiger partial charge in [-0.05, 0) is 19.4 Å². The summed E-state index contributed by atoms with van der Waals surface area (Å²) >= 11 is 5.07. The van der Waals surface area contributed by atoms with Gasteiger partial charge in [-0.1, -0.05) is 19.1 Å². The number of hydrogen-bond donors (Lipinski definition) is 1. The maximum absolute atomic E-state index is 5.07. The SMILES string of the molecule is CCc1cc(=S)n(CC)[nH]1. The van der Waals surface area contributed by atoms with Crippen molar-refractivity contribution >= 4 is 12.2 Å². The molecule has 0 unspecified atom stereocenters. The van der Waals surface area contributed by atoms with Crippen molar-refractivity contribution in [1.82, 2.24) is 9.78 Å². The van der Waals surface area contributed by atoms with Gasteiger partial charge < -0.3 is 5.10 Å². The molecule has 0 aliphatic heterocycles. The highest BCUT2D eigenvalue weighted by atomic mass is 32.1. The van der Waals surface area contributed by atoms with Crippen LogP contribution in [0, 0.1) is 4.64 Å². The minimum atomic E-state index is 0.902. The number of nitrogens with one attached hydrogen (secondary N) is 1. The fourth-order valence-corrected chi connectivity index (χ4v) is 1.22. The Balaban J connectivity index is 3.04. The van der Waals surface area contributed by atoms with Gasteiger partial charge in [0.15, 0.2) is 0 Å². The van der Waals surface area contributed by atoms with Gasteiger partial charge in [0.1, 0.15) is 4.64 Å². The molecule has 0 radical (unpaired) electrons. The van der Waals surface area contributed by atoms with Crippen LogP contribution in [-0.2, 0) is 13.0 Å². The van der Waals surface area contributed by atoms with Gasteiger partial charge in [-0.25, -0.2) is 0 Å². The lowest BCUT2D eigenvalue weighted by atomic mass is 10.4. The number of H-pyrrole nitrogens is 1. The Kier molecular flexibility index (Phi) is 2.27. The molecule has 1 N–H and O–H groups in total. The second-order valence-electron chi connectivity index (χ2n) is 2.22. The number of aryl methyl sites for hydroxylation is 2. The second kappa shape index (κ2) is 3.01. The average Bonchev–Trinajstić information content (AvgIpc) is 2.30. The van der Waals surface area contributed by atoms with Gasteiger partial charge in [-0.2, -0.15) is 0 Å². The Hall–Kier alpha value is -0.570. The molecule has 1 aromatic rings. The van der Waals surface area contributed by atoms with Gasteiger partial charge in [0.2, 0.25) is 0 Å². The zero-order valence-corrected chi connectivity index (χ0v) is 7.16. The lowest BCUT2D eigenvalue weighted by Gasteiger charge is -1.94. The summed E-state index contributed by atoms with van der Waals surface area (Å²) in [5, 5.41) is 3.19. The zero-order chi connectivity index (χ0) is 7.56. The summed E-state index contributed by atoms with van der Waals surface area (Å²) in [5.74, 6) is 0. The molecule has 2 nitrogen and oxygen atoms in total. The molecule has 1 aromatic heterocycles. The molecule has 1 heterocycles. The summed E-state index contributed by atoms with van der Waals surface area (Å²) < 4.78 is 2.87. The number of rotatable bonds is 2. The molecule has 0 atom stereocenters. The van der Waals surface area contributed by atoms with Crippen LogP contribution < -0.4 is 0 Å². The summed E-state index contributed by atoms with van der Waals surface area (Å²) in [6, 6.07) is 2.01. The van der Waals surface area contributed by atoms with Crippen LogP contribution in [0.2, 0.25) is 0 Å². The van der Waals surface area contributed by atoms with Crippen molar-refractivity contribution in [3.05, 3.63) is 16.4 Å². The summed E-state index contributed by atoms with van der Waals surface area (Å²) in [4.78, 5) is 0. The summed E-state index contributed by atoms with van der Waals surface area (Å²) in [7, 11) is 0. The maximum atomic E-state index is 5.07. The van der Waals surface area contributed by atoms with E-state index in [0.29, 0.717) is 0 Å². The zero-order valence-electron chi connectivity index (χ0n) is 6.35. The Morgan fingerprint density at radius 1 is 1.60 bits per heavy atom. The molecule has 10 heavy (non-hydrogen) atoms. The van der Waals surface area contributed by atoms with E-state index in [-0.39, 0.29) is 0 Å². The number of hydrogen-bond acceptors (Lipinski definition) is 1. The highest BCUT2D eigenvalue weighted by Crippen LogP contribution is 1.98. The van der Waals surface area contributed by atoms with Crippen LogP contribution in [0.3, 0.4) is 0 Å². The second-order valence-corrected chi connectivity index (χ2v) is 2.64. The van der Waals surface area contributed by atoms with Gasteiger partial charge in [0, 0.05) is 12.2 Å². The van der Waals surface area contributed by atoms with Gasteiger partial charge >= 0.3 is 0 Å². The molecule has 0 aromatic carbocycles. The molecule has 0 saturated heterocycles. The minimum absolute atomic E-state index is 0.902. The molecule has 0 fully saturated rings. The Morgan fingerprint density at radius 3 is 2.60 bits per heavy atom. The van der Waals surface area contributed by atoms with E-state index in [1.807, 2.05) is 10.7 Å². The maximum Gasteiger partial charge on any atom is 0.122 e. The van der Waals surface area contributed by atoms with Gasteiger partial charge in [0.25, 0.3) is 0 Å². The van der Waals surface area contributed by atoms with E-state index in [9.17, 15) is 0 Å². The molecule has 3 heteroatoms. The standard InChI is InChI=1S/C7H12N2S/c1-3-6-5-7(10)9(4-2)8-6/h5,8H,3-4H2,1-2H3. The molecule has 0 aliphatic carbocycles. The van der Waals surface area contributed by atoms with E-state index < -0.39 is 0 Å². The van der Waals surface area contributed by atoms with E-state index >= 15 is 0 Å². The van der Waals surface area contributed by atoms with Gasteiger partial charge in [0.05, 0.1) is 0 Å². The molecule has 0 bridgehead atoms. The number of aromatic amines is 1. The molecule has 0 saturated carbocycles. The first-order chi connectivity index (χ1) is 4.77. The Labute approximate surface area is 65.9 Å². The topological polar surface area (TPSA) is 20.7 Å². The van der Waals surface area contributed by atoms with Crippen LogP contribution >= 0.6 is 12.2 Å². The van der Waals surface area contributed by atoms with Crippen LogP contribution in [0.15, 0.2) is 6.07 Å². The van der Waals surface area contributed by atoms with E-state index in [1.165, 1.54) is 5.69 Å². The molecule has 0 aliphatic rings. The molecule has 1 rings (SSSR count). The van der Waals surface area contributed by atoms with Crippen molar-refractivity contribution in [3.8, 4) is 0 Å². The van der Waals surface area contributed by atoms with Crippen LogP contribution in [0.4, 0.5) is 0 Å². The van der Waals surface area contributed by atoms with E-state index in [1.54, 1.807) is 0 Å². The summed E-state index contributed by atoms with van der Waals surface area (Å²) in [6.45, 7) is 5.12. The van der Waals surface area contributed by atoms with Crippen LogP contribution in [-0.4, -0.2) is 9.78 Å². The Morgan fingerprint density at radius 2 is 2.30 bits per heavy atom. The fourth-order valence-electron chi connectivity index (χ4n) is 0.904. The van der Waals surface area contributed by atoms with Crippen LogP contribution in [0.5, 0.6) is 0 Å². The van der Waals surface area contributed by atoms with Crippen molar-refractivity contribution in [2.24, 2.45) is 0 Å². The van der Waals surface area contributed by atoms with Crippen molar-refractivity contribution in [2.75, 3.05) is 0 Å². The first-order valence-electron chi connectivity index (χ1n) is 3.56. The monoisotopic (exact) mass is 156 g/mol. The number of aromatic nitrogens is 2. The molecule has 0 amide bonds. The molecular weight excluding hydrogens is 144 g/mol. The smallest absolute Gasteiger partial charge is 0.122 e. The quantitative estimate of drug-likeness (QED) is 0.650. The van der Waals surface area contributed by atoms with Crippen molar-refractivity contribution < 1.29 is 0 Å². The fraction of sp³-hybridized carbons (Fsp3) is 0.571. The van der Waals surface area contributed by atoms with Crippen molar-refractivity contribution in [3.63, 3.8) is 0 Å². The third kappa shape index (κ3) is 1.29.